The highest BCUT2D eigenvalue weighted by Gasteiger charge is 2.26. The summed E-state index contributed by atoms with van der Waals surface area (Å²) in [6.45, 7) is 0.897. The topological polar surface area (TPSA) is 29.3 Å². The van der Waals surface area contributed by atoms with E-state index < -0.39 is 0 Å². The third-order valence-corrected chi connectivity index (χ3v) is 3.03. The first-order chi connectivity index (χ1) is 6.66. The van der Waals surface area contributed by atoms with Crippen LogP contribution in [0, 0.1) is 0 Å². The second kappa shape index (κ2) is 3.79. The molecule has 1 fully saturated rings. The number of nitrogens with two attached hydrogens (primary N) is 1. The summed E-state index contributed by atoms with van der Waals surface area (Å²) in [5, 5.41) is 0.812. The molecule has 76 valence electrons. The van der Waals surface area contributed by atoms with E-state index in [4.69, 9.17) is 17.3 Å². The van der Waals surface area contributed by atoms with Gasteiger partial charge in [-0.3, -0.25) is 4.90 Å². The van der Waals surface area contributed by atoms with E-state index in [2.05, 4.69) is 11.9 Å². The number of halogens is 1. The van der Waals surface area contributed by atoms with E-state index >= 15 is 0 Å². The quantitative estimate of drug-likeness (QED) is 0.777. The van der Waals surface area contributed by atoms with Crippen LogP contribution in [0.25, 0.3) is 0 Å². The Balaban J connectivity index is 2.10. The van der Waals surface area contributed by atoms with Crippen molar-refractivity contribution in [1.29, 1.82) is 0 Å². The second-order valence-corrected chi connectivity index (χ2v) is 4.40. The molecule has 2 rings (SSSR count). The standard InChI is InChI=1S/C11H15ClN2/c1-14(10-3-4-10)7-8-6-9(13)2-5-11(8)12/h2,5-6,10H,3-4,7,13H2,1H3. The lowest BCUT2D eigenvalue weighted by Gasteiger charge is -2.16. The molecule has 1 aliphatic carbocycles. The molecule has 0 aromatic heterocycles. The smallest absolute Gasteiger partial charge is 0.0452 e. The number of nitrogen functional groups attached to an aromatic ring is 1. The van der Waals surface area contributed by atoms with Gasteiger partial charge in [-0.25, -0.2) is 0 Å². The van der Waals surface area contributed by atoms with Crippen molar-refractivity contribution in [3.63, 3.8) is 0 Å². The van der Waals surface area contributed by atoms with Gasteiger partial charge in [0.2, 0.25) is 0 Å². The van der Waals surface area contributed by atoms with Crippen molar-refractivity contribution in [2.24, 2.45) is 0 Å². The monoisotopic (exact) mass is 210 g/mol. The largest absolute Gasteiger partial charge is 0.399 e. The molecular formula is C11H15ClN2. The Labute approximate surface area is 89.7 Å². The van der Waals surface area contributed by atoms with Gasteiger partial charge in [0.05, 0.1) is 0 Å². The van der Waals surface area contributed by atoms with Gasteiger partial charge in [-0.2, -0.15) is 0 Å². The van der Waals surface area contributed by atoms with Crippen molar-refractivity contribution < 1.29 is 0 Å². The van der Waals surface area contributed by atoms with Crippen LogP contribution in [0.2, 0.25) is 5.02 Å². The first kappa shape index (κ1) is 9.81. The third-order valence-electron chi connectivity index (χ3n) is 2.66. The fourth-order valence-corrected chi connectivity index (χ4v) is 1.81. The van der Waals surface area contributed by atoms with Crippen molar-refractivity contribution in [2.45, 2.75) is 25.4 Å². The van der Waals surface area contributed by atoms with Crippen LogP contribution in [0.5, 0.6) is 0 Å². The number of anilines is 1. The number of nitrogens with zero attached hydrogens (tertiary/aromatic N) is 1. The molecule has 1 aromatic carbocycles. The zero-order valence-electron chi connectivity index (χ0n) is 8.33. The summed E-state index contributed by atoms with van der Waals surface area (Å²) in [5.41, 5.74) is 7.63. The molecule has 0 heterocycles. The molecular weight excluding hydrogens is 196 g/mol. The maximum absolute atomic E-state index is 6.08. The molecule has 14 heavy (non-hydrogen) atoms. The van der Waals surface area contributed by atoms with Crippen LogP contribution in [0.1, 0.15) is 18.4 Å². The molecule has 2 nitrogen and oxygen atoms in total. The molecule has 1 aliphatic rings. The summed E-state index contributed by atoms with van der Waals surface area (Å²) < 4.78 is 0. The summed E-state index contributed by atoms with van der Waals surface area (Å²) in [7, 11) is 2.14. The van der Waals surface area contributed by atoms with Gasteiger partial charge in [-0.1, -0.05) is 11.6 Å². The molecule has 0 saturated heterocycles. The fraction of sp³-hybridized carbons (Fsp3) is 0.455. The molecule has 0 radical (unpaired) electrons. The van der Waals surface area contributed by atoms with Crippen molar-refractivity contribution in [1.82, 2.24) is 4.90 Å². The summed E-state index contributed by atoms with van der Waals surface area (Å²) >= 11 is 6.08. The van der Waals surface area contributed by atoms with E-state index in [0.29, 0.717) is 0 Å². The van der Waals surface area contributed by atoms with Gasteiger partial charge in [-0.15, -0.1) is 0 Å². The van der Waals surface area contributed by atoms with Crippen LogP contribution in [-0.4, -0.2) is 18.0 Å². The summed E-state index contributed by atoms with van der Waals surface area (Å²) in [6, 6.07) is 6.42. The van der Waals surface area contributed by atoms with E-state index in [1.807, 2.05) is 18.2 Å². The minimum Gasteiger partial charge on any atom is -0.399 e. The van der Waals surface area contributed by atoms with Crippen molar-refractivity contribution >= 4 is 17.3 Å². The lowest BCUT2D eigenvalue weighted by molar-refractivity contribution is 0.316. The molecule has 2 N–H and O–H groups in total. The minimum atomic E-state index is 0.757. The SMILES string of the molecule is CN(Cc1cc(N)ccc1Cl)C1CC1. The Bertz CT molecular complexity index is 334. The predicted molar refractivity (Wildman–Crippen MR) is 60.4 cm³/mol. The van der Waals surface area contributed by atoms with Crippen LogP contribution < -0.4 is 5.73 Å². The van der Waals surface area contributed by atoms with Gasteiger partial charge in [0, 0.05) is 23.3 Å². The molecule has 0 bridgehead atoms. The average molecular weight is 211 g/mol. The van der Waals surface area contributed by atoms with Crippen molar-refractivity contribution in [2.75, 3.05) is 12.8 Å². The molecule has 0 spiro atoms. The Morgan fingerprint density at radius 2 is 2.21 bits per heavy atom. The zero-order chi connectivity index (χ0) is 10.1. The Morgan fingerprint density at radius 3 is 2.86 bits per heavy atom. The molecule has 1 saturated carbocycles. The maximum atomic E-state index is 6.08. The van der Waals surface area contributed by atoms with Gasteiger partial charge in [0.25, 0.3) is 0 Å². The van der Waals surface area contributed by atoms with E-state index in [1.165, 1.54) is 12.8 Å². The van der Waals surface area contributed by atoms with Crippen LogP contribution in [-0.2, 0) is 6.54 Å². The van der Waals surface area contributed by atoms with Gasteiger partial charge >= 0.3 is 0 Å². The first-order valence-electron chi connectivity index (χ1n) is 4.91. The Kier molecular flexibility index (Phi) is 2.66. The van der Waals surface area contributed by atoms with Gasteiger partial charge in [-0.05, 0) is 43.7 Å². The number of benzene rings is 1. The van der Waals surface area contributed by atoms with Crippen LogP contribution in [0.3, 0.4) is 0 Å². The fourth-order valence-electron chi connectivity index (χ4n) is 1.63. The van der Waals surface area contributed by atoms with E-state index in [0.717, 1.165) is 28.9 Å². The average Bonchev–Trinajstić information content (AvgIpc) is 2.94. The Morgan fingerprint density at radius 1 is 1.50 bits per heavy atom. The highest BCUT2D eigenvalue weighted by Crippen LogP contribution is 2.28. The molecule has 0 unspecified atom stereocenters. The lowest BCUT2D eigenvalue weighted by Crippen LogP contribution is -2.20. The number of hydrogen-bond acceptors (Lipinski definition) is 2. The summed E-state index contributed by atoms with van der Waals surface area (Å²) in [5.74, 6) is 0. The predicted octanol–water partition coefficient (Wildman–Crippen LogP) is 2.52. The number of hydrogen-bond donors (Lipinski definition) is 1. The molecule has 0 amide bonds. The summed E-state index contributed by atoms with van der Waals surface area (Å²) in [4.78, 5) is 2.33. The maximum Gasteiger partial charge on any atom is 0.0452 e. The molecule has 0 atom stereocenters. The normalized spacial score (nSPS) is 16.2. The highest BCUT2D eigenvalue weighted by molar-refractivity contribution is 6.31. The molecule has 1 aromatic rings. The van der Waals surface area contributed by atoms with Gasteiger partial charge in [0.15, 0.2) is 0 Å². The Hall–Kier alpha value is -0.730. The number of rotatable bonds is 3. The van der Waals surface area contributed by atoms with Crippen LogP contribution in [0.15, 0.2) is 18.2 Å². The second-order valence-electron chi connectivity index (χ2n) is 4.00. The minimum absolute atomic E-state index is 0.757. The van der Waals surface area contributed by atoms with Gasteiger partial charge in [0.1, 0.15) is 0 Å². The van der Waals surface area contributed by atoms with Crippen LogP contribution >= 0.6 is 11.6 Å². The third kappa shape index (κ3) is 2.20. The first-order valence-corrected chi connectivity index (χ1v) is 5.29. The highest BCUT2D eigenvalue weighted by atomic mass is 35.5. The van der Waals surface area contributed by atoms with Crippen LogP contribution in [0.4, 0.5) is 5.69 Å². The summed E-state index contributed by atoms with van der Waals surface area (Å²) in [6.07, 6.45) is 2.63. The lowest BCUT2D eigenvalue weighted by atomic mass is 10.2. The van der Waals surface area contributed by atoms with Gasteiger partial charge < -0.3 is 5.73 Å². The van der Waals surface area contributed by atoms with E-state index in [9.17, 15) is 0 Å². The van der Waals surface area contributed by atoms with Crippen molar-refractivity contribution in [3.8, 4) is 0 Å². The molecule has 3 heteroatoms. The van der Waals surface area contributed by atoms with Crippen molar-refractivity contribution in [3.05, 3.63) is 28.8 Å². The van der Waals surface area contributed by atoms with E-state index in [1.54, 1.807) is 0 Å². The zero-order valence-corrected chi connectivity index (χ0v) is 9.09. The molecule has 0 aliphatic heterocycles. The van der Waals surface area contributed by atoms with E-state index in [-0.39, 0.29) is 0 Å².